The van der Waals surface area contributed by atoms with Gasteiger partial charge in [-0.15, -0.1) is 11.3 Å². The van der Waals surface area contributed by atoms with Crippen LogP contribution in [0.15, 0.2) is 34.4 Å². The zero-order valence-corrected chi connectivity index (χ0v) is 13.6. The number of nitrogens with one attached hydrogen (secondary N) is 1. The molecule has 2 aromatic heterocycles. The molecule has 7 nitrogen and oxygen atoms in total. The van der Waals surface area contributed by atoms with Gasteiger partial charge in [0.05, 0.1) is 12.1 Å². The molecular formula is C16H13N3O4S. The number of fused-ring (bicyclic) bond motifs is 2. The zero-order valence-electron chi connectivity index (χ0n) is 12.7. The largest absolute Gasteiger partial charge is 0.454 e. The van der Waals surface area contributed by atoms with Crippen molar-refractivity contribution in [2.45, 2.75) is 6.54 Å². The fraction of sp³-hybridized carbons (Fsp3) is 0.188. The Morgan fingerprint density at radius 1 is 1.33 bits per heavy atom. The van der Waals surface area contributed by atoms with Crippen LogP contribution in [-0.4, -0.2) is 34.6 Å². The molecule has 122 valence electrons. The molecule has 0 aliphatic carbocycles. The van der Waals surface area contributed by atoms with Crippen LogP contribution >= 0.6 is 11.3 Å². The third-order valence-corrected chi connectivity index (χ3v) is 4.62. The number of carbonyl (C=O) groups is 1. The van der Waals surface area contributed by atoms with Gasteiger partial charge < -0.3 is 19.4 Å². The molecule has 3 heterocycles. The van der Waals surface area contributed by atoms with Gasteiger partial charge in [-0.2, -0.15) is 0 Å². The highest BCUT2D eigenvalue weighted by Crippen LogP contribution is 2.32. The number of thiophene rings is 1. The van der Waals surface area contributed by atoms with Crippen molar-refractivity contribution in [3.8, 4) is 11.5 Å². The monoisotopic (exact) mass is 343 g/mol. The van der Waals surface area contributed by atoms with Gasteiger partial charge >= 0.3 is 0 Å². The van der Waals surface area contributed by atoms with Crippen LogP contribution in [0.2, 0.25) is 0 Å². The van der Waals surface area contributed by atoms with E-state index < -0.39 is 0 Å². The Hall–Kier alpha value is -2.87. The van der Waals surface area contributed by atoms with E-state index in [2.05, 4.69) is 9.97 Å². The molecule has 0 spiro atoms. The van der Waals surface area contributed by atoms with Gasteiger partial charge in [-0.3, -0.25) is 9.59 Å². The number of H-pyrrole nitrogens is 1. The number of rotatable bonds is 3. The summed E-state index contributed by atoms with van der Waals surface area (Å²) in [5.74, 6) is 1.44. The molecular weight excluding hydrogens is 330 g/mol. The molecule has 1 N–H and O–H groups in total. The summed E-state index contributed by atoms with van der Waals surface area (Å²) in [6.45, 7) is 0.364. The average molecular weight is 343 g/mol. The van der Waals surface area contributed by atoms with Crippen LogP contribution in [0.3, 0.4) is 0 Å². The van der Waals surface area contributed by atoms with Crippen LogP contribution in [-0.2, 0) is 6.54 Å². The summed E-state index contributed by atoms with van der Waals surface area (Å²) < 4.78 is 11.1. The first-order chi connectivity index (χ1) is 11.6. The van der Waals surface area contributed by atoms with Gasteiger partial charge in [0.25, 0.3) is 11.5 Å². The Balaban J connectivity index is 1.57. The Kier molecular flexibility index (Phi) is 3.46. The summed E-state index contributed by atoms with van der Waals surface area (Å²) in [6.07, 6.45) is 0. The Morgan fingerprint density at radius 3 is 3.04 bits per heavy atom. The molecule has 8 heteroatoms. The maximum absolute atomic E-state index is 12.6. The second kappa shape index (κ2) is 5.64. The molecule has 3 aromatic rings. The molecule has 0 radical (unpaired) electrons. The summed E-state index contributed by atoms with van der Waals surface area (Å²) in [6, 6.07) is 6.84. The van der Waals surface area contributed by atoms with Crippen LogP contribution in [0.1, 0.15) is 16.2 Å². The Morgan fingerprint density at radius 2 is 2.17 bits per heavy atom. The summed E-state index contributed by atoms with van der Waals surface area (Å²) in [5, 5.41) is 1.82. The smallest absolute Gasteiger partial charge is 0.268 e. The fourth-order valence-electron chi connectivity index (χ4n) is 2.54. The van der Waals surface area contributed by atoms with E-state index in [9.17, 15) is 9.59 Å². The molecule has 0 saturated carbocycles. The molecule has 1 aliphatic heterocycles. The van der Waals surface area contributed by atoms with Crippen LogP contribution in [0, 0.1) is 0 Å². The molecule has 1 aliphatic rings. The molecule has 4 rings (SSSR count). The third kappa shape index (κ3) is 2.50. The van der Waals surface area contributed by atoms with E-state index in [1.807, 2.05) is 5.38 Å². The lowest BCUT2D eigenvalue weighted by molar-refractivity contribution is 0.0781. The quantitative estimate of drug-likeness (QED) is 0.786. The van der Waals surface area contributed by atoms with E-state index in [1.165, 1.54) is 16.2 Å². The highest BCUT2D eigenvalue weighted by Gasteiger charge is 2.19. The second-order valence-corrected chi connectivity index (χ2v) is 6.29. The number of nitrogens with zero attached hydrogens (tertiary/aromatic N) is 2. The van der Waals surface area contributed by atoms with Crippen molar-refractivity contribution in [1.29, 1.82) is 0 Å². The van der Waals surface area contributed by atoms with Crippen LogP contribution in [0.4, 0.5) is 0 Å². The van der Waals surface area contributed by atoms with Crippen molar-refractivity contribution in [2.75, 3.05) is 13.8 Å². The SMILES string of the molecule is CN(Cc1nc2ccsc2c(=O)[nH]1)C(=O)c1ccc2c(c1)OCO2. The van der Waals surface area contributed by atoms with E-state index in [-0.39, 0.29) is 24.8 Å². The maximum atomic E-state index is 12.6. The van der Waals surface area contributed by atoms with Crippen LogP contribution in [0.25, 0.3) is 10.2 Å². The highest BCUT2D eigenvalue weighted by molar-refractivity contribution is 7.17. The number of benzene rings is 1. The van der Waals surface area contributed by atoms with Crippen molar-refractivity contribution >= 4 is 27.5 Å². The maximum Gasteiger partial charge on any atom is 0.268 e. The molecule has 0 bridgehead atoms. The minimum absolute atomic E-state index is 0.161. The van der Waals surface area contributed by atoms with Crippen LogP contribution in [0.5, 0.6) is 11.5 Å². The average Bonchev–Trinajstić information content (AvgIpc) is 3.22. The number of hydrogen-bond donors (Lipinski definition) is 1. The van der Waals surface area contributed by atoms with Crippen LogP contribution < -0.4 is 15.0 Å². The Bertz CT molecular complexity index is 994. The van der Waals surface area contributed by atoms with E-state index in [1.54, 1.807) is 31.3 Å². The van der Waals surface area contributed by atoms with Gasteiger partial charge in [0.15, 0.2) is 11.5 Å². The van der Waals surface area contributed by atoms with E-state index in [0.717, 1.165) is 0 Å². The lowest BCUT2D eigenvalue weighted by Gasteiger charge is -2.16. The predicted octanol–water partition coefficient (Wildman–Crippen LogP) is 1.99. The number of aromatic nitrogens is 2. The van der Waals surface area contributed by atoms with Crippen molar-refractivity contribution in [1.82, 2.24) is 14.9 Å². The number of carbonyl (C=O) groups excluding carboxylic acids is 1. The lowest BCUT2D eigenvalue weighted by atomic mass is 10.2. The van der Waals surface area contributed by atoms with Gasteiger partial charge in [-0.05, 0) is 29.6 Å². The van der Waals surface area contributed by atoms with Gasteiger partial charge in [-0.1, -0.05) is 0 Å². The minimum Gasteiger partial charge on any atom is -0.454 e. The second-order valence-electron chi connectivity index (χ2n) is 5.38. The first-order valence-corrected chi connectivity index (χ1v) is 8.11. The third-order valence-electron chi connectivity index (χ3n) is 3.72. The first kappa shape index (κ1) is 14.7. The molecule has 0 fully saturated rings. The van der Waals surface area contributed by atoms with E-state index in [4.69, 9.17) is 9.47 Å². The molecule has 0 saturated heterocycles. The summed E-state index contributed by atoms with van der Waals surface area (Å²) in [7, 11) is 1.66. The van der Waals surface area contributed by atoms with Crippen molar-refractivity contribution < 1.29 is 14.3 Å². The number of aromatic amines is 1. The molecule has 24 heavy (non-hydrogen) atoms. The van der Waals surface area contributed by atoms with Crippen molar-refractivity contribution in [3.05, 3.63) is 51.4 Å². The van der Waals surface area contributed by atoms with E-state index >= 15 is 0 Å². The normalized spacial score (nSPS) is 12.5. The highest BCUT2D eigenvalue weighted by atomic mass is 32.1. The standard InChI is InChI=1S/C16H13N3O4S/c1-19(7-13-17-10-4-5-24-14(10)15(20)18-13)16(21)9-2-3-11-12(6-9)23-8-22-11/h2-6H,7-8H2,1H3,(H,17,18,20). The van der Waals surface area contributed by atoms with Gasteiger partial charge in [0.2, 0.25) is 6.79 Å². The van der Waals surface area contributed by atoms with Gasteiger partial charge in [0.1, 0.15) is 10.5 Å². The summed E-state index contributed by atoms with van der Waals surface area (Å²) in [4.78, 5) is 33.2. The molecule has 0 unspecified atom stereocenters. The van der Waals surface area contributed by atoms with Crippen molar-refractivity contribution in [2.24, 2.45) is 0 Å². The minimum atomic E-state index is -0.193. The molecule has 1 aromatic carbocycles. The summed E-state index contributed by atoms with van der Waals surface area (Å²) in [5.41, 5.74) is 0.942. The zero-order chi connectivity index (χ0) is 16.7. The number of hydrogen-bond acceptors (Lipinski definition) is 6. The first-order valence-electron chi connectivity index (χ1n) is 7.23. The lowest BCUT2D eigenvalue weighted by Crippen LogP contribution is -2.28. The fourth-order valence-corrected chi connectivity index (χ4v) is 3.27. The topological polar surface area (TPSA) is 84.5 Å². The molecule has 1 amide bonds. The molecule has 0 atom stereocenters. The van der Waals surface area contributed by atoms with Gasteiger partial charge in [-0.25, -0.2) is 4.98 Å². The number of ether oxygens (including phenoxy) is 2. The van der Waals surface area contributed by atoms with Crippen molar-refractivity contribution in [3.63, 3.8) is 0 Å². The Labute approximate surface area is 140 Å². The van der Waals surface area contributed by atoms with E-state index in [0.29, 0.717) is 33.1 Å². The predicted molar refractivity (Wildman–Crippen MR) is 88.6 cm³/mol. The number of amides is 1. The summed E-state index contributed by atoms with van der Waals surface area (Å²) >= 11 is 1.34. The van der Waals surface area contributed by atoms with Gasteiger partial charge in [0, 0.05) is 12.6 Å².